The molecule has 0 saturated carbocycles. The number of nitrogens with one attached hydrogen (secondary N) is 1. The molecular weight excluding hydrogens is 152 g/mol. The highest BCUT2D eigenvalue weighted by atomic mass is 32.2. The average Bonchev–Trinajstić information content (AvgIpc) is 2.35. The van der Waals surface area contributed by atoms with Crippen LogP contribution in [0, 0.1) is 0 Å². The highest BCUT2D eigenvalue weighted by Gasteiger charge is 2.31. The van der Waals surface area contributed by atoms with E-state index in [-0.39, 0.29) is 6.04 Å². The van der Waals surface area contributed by atoms with Crippen LogP contribution < -0.4 is 4.72 Å². The van der Waals surface area contributed by atoms with E-state index in [9.17, 15) is 8.42 Å². The van der Waals surface area contributed by atoms with Crippen LogP contribution >= 0.6 is 0 Å². The van der Waals surface area contributed by atoms with E-state index in [4.69, 9.17) is 0 Å². The Morgan fingerprint density at radius 3 is 2.20 bits per heavy atom. The fraction of sp³-hybridized carbons (Fsp3) is 1.00. The van der Waals surface area contributed by atoms with E-state index in [1.54, 1.807) is 13.8 Å². The van der Waals surface area contributed by atoms with E-state index in [0.717, 1.165) is 0 Å². The zero-order valence-electron chi connectivity index (χ0n) is 6.16. The molecule has 1 saturated heterocycles. The van der Waals surface area contributed by atoms with Crippen molar-refractivity contribution in [3.63, 3.8) is 0 Å². The Kier molecular flexibility index (Phi) is 1.98. The van der Waals surface area contributed by atoms with E-state index >= 15 is 0 Å². The molecule has 0 spiro atoms. The Morgan fingerprint density at radius 2 is 1.90 bits per heavy atom. The summed E-state index contributed by atoms with van der Waals surface area (Å²) >= 11 is 0. The molecule has 1 aliphatic heterocycles. The Labute approximate surface area is 61.4 Å². The standard InChI is InChI=1S/C5H12N2O2S/c1-5(2)6-10(8,9)7-3-4-7/h5-6H,3-4H2,1-2H3. The maximum Gasteiger partial charge on any atom is 0.279 e. The average molecular weight is 164 g/mol. The first-order chi connectivity index (χ1) is 4.52. The Balaban J connectivity index is 2.51. The van der Waals surface area contributed by atoms with E-state index in [1.807, 2.05) is 0 Å². The zero-order valence-corrected chi connectivity index (χ0v) is 6.98. The van der Waals surface area contributed by atoms with Crippen LogP contribution in [0.25, 0.3) is 0 Å². The highest BCUT2D eigenvalue weighted by molar-refractivity contribution is 7.87. The lowest BCUT2D eigenvalue weighted by atomic mass is 10.4. The van der Waals surface area contributed by atoms with Crippen LogP contribution in [0.5, 0.6) is 0 Å². The molecule has 4 nitrogen and oxygen atoms in total. The number of hydrogen-bond donors (Lipinski definition) is 1. The highest BCUT2D eigenvalue weighted by Crippen LogP contribution is 2.09. The summed E-state index contributed by atoms with van der Waals surface area (Å²) in [6.07, 6.45) is 0. The van der Waals surface area contributed by atoms with Crippen molar-refractivity contribution in [3.05, 3.63) is 0 Å². The van der Waals surface area contributed by atoms with Crippen LogP contribution in [-0.2, 0) is 10.2 Å². The smallest absolute Gasteiger partial charge is 0.200 e. The number of rotatable bonds is 3. The molecule has 0 aromatic heterocycles. The van der Waals surface area contributed by atoms with Crippen molar-refractivity contribution in [2.45, 2.75) is 19.9 Å². The van der Waals surface area contributed by atoms with Gasteiger partial charge in [-0.3, -0.25) is 0 Å². The van der Waals surface area contributed by atoms with Gasteiger partial charge in [-0.2, -0.15) is 17.4 Å². The SMILES string of the molecule is CC(C)NS(=O)(=O)N1CC1. The molecule has 1 N–H and O–H groups in total. The van der Waals surface area contributed by atoms with Crippen LogP contribution in [0.3, 0.4) is 0 Å². The monoisotopic (exact) mass is 164 g/mol. The van der Waals surface area contributed by atoms with Crippen LogP contribution in [0.2, 0.25) is 0 Å². The molecule has 1 fully saturated rings. The normalized spacial score (nSPS) is 19.9. The van der Waals surface area contributed by atoms with E-state index < -0.39 is 10.2 Å². The number of hydrogen-bond acceptors (Lipinski definition) is 2. The van der Waals surface area contributed by atoms with Gasteiger partial charge < -0.3 is 0 Å². The molecule has 0 aliphatic carbocycles. The van der Waals surface area contributed by atoms with Crippen molar-refractivity contribution in [1.29, 1.82) is 0 Å². The minimum Gasteiger partial charge on any atom is -0.200 e. The molecule has 0 amide bonds. The van der Waals surface area contributed by atoms with Gasteiger partial charge in [0.2, 0.25) is 0 Å². The van der Waals surface area contributed by atoms with Crippen molar-refractivity contribution in [2.24, 2.45) is 0 Å². The summed E-state index contributed by atoms with van der Waals surface area (Å²) in [7, 11) is -3.10. The van der Waals surface area contributed by atoms with Crippen LogP contribution in [0.4, 0.5) is 0 Å². The van der Waals surface area contributed by atoms with Gasteiger partial charge in [-0.05, 0) is 13.8 Å². The molecule has 1 aliphatic rings. The first kappa shape index (κ1) is 7.97. The predicted octanol–water partition coefficient (Wildman–Crippen LogP) is -0.455. The quantitative estimate of drug-likeness (QED) is 0.574. The number of nitrogens with zero attached hydrogens (tertiary/aromatic N) is 1. The topological polar surface area (TPSA) is 49.2 Å². The Hall–Kier alpha value is -0.130. The van der Waals surface area contributed by atoms with Gasteiger partial charge in [0, 0.05) is 19.1 Å². The lowest BCUT2D eigenvalue weighted by Crippen LogP contribution is -2.34. The molecule has 10 heavy (non-hydrogen) atoms. The summed E-state index contributed by atoms with van der Waals surface area (Å²) in [4.78, 5) is 0. The third-order valence-corrected chi connectivity index (χ3v) is 2.94. The summed E-state index contributed by atoms with van der Waals surface area (Å²) in [5.41, 5.74) is 0. The second kappa shape index (κ2) is 2.48. The lowest BCUT2D eigenvalue weighted by molar-refractivity contribution is 0.536. The lowest BCUT2D eigenvalue weighted by Gasteiger charge is -2.08. The van der Waals surface area contributed by atoms with Crippen molar-refractivity contribution >= 4 is 10.2 Å². The molecule has 0 bridgehead atoms. The summed E-state index contributed by atoms with van der Waals surface area (Å²) < 4.78 is 25.9. The van der Waals surface area contributed by atoms with Crippen molar-refractivity contribution in [3.8, 4) is 0 Å². The third kappa shape index (κ3) is 1.93. The van der Waals surface area contributed by atoms with Crippen LogP contribution in [0.15, 0.2) is 0 Å². The van der Waals surface area contributed by atoms with E-state index in [2.05, 4.69) is 4.72 Å². The maximum absolute atomic E-state index is 11.0. The molecule has 0 aromatic rings. The summed E-state index contributed by atoms with van der Waals surface area (Å²) in [5, 5.41) is 0. The zero-order chi connectivity index (χ0) is 7.78. The van der Waals surface area contributed by atoms with Crippen molar-refractivity contribution in [2.75, 3.05) is 13.1 Å². The summed E-state index contributed by atoms with van der Waals surface area (Å²) in [6, 6.07) is -0.00870. The summed E-state index contributed by atoms with van der Waals surface area (Å²) in [6.45, 7) is 4.95. The minimum atomic E-state index is -3.10. The second-order valence-electron chi connectivity index (χ2n) is 2.68. The Morgan fingerprint density at radius 1 is 1.40 bits per heavy atom. The third-order valence-electron chi connectivity index (χ3n) is 1.13. The largest absolute Gasteiger partial charge is 0.279 e. The van der Waals surface area contributed by atoms with E-state index in [1.165, 1.54) is 4.31 Å². The molecule has 0 atom stereocenters. The van der Waals surface area contributed by atoms with Gasteiger partial charge in [-0.1, -0.05) is 0 Å². The maximum atomic E-state index is 11.0. The fourth-order valence-corrected chi connectivity index (χ4v) is 1.96. The van der Waals surface area contributed by atoms with Gasteiger partial charge in [-0.15, -0.1) is 0 Å². The van der Waals surface area contributed by atoms with Crippen LogP contribution in [0.1, 0.15) is 13.8 Å². The van der Waals surface area contributed by atoms with E-state index in [0.29, 0.717) is 13.1 Å². The van der Waals surface area contributed by atoms with Gasteiger partial charge in [0.25, 0.3) is 10.2 Å². The van der Waals surface area contributed by atoms with Gasteiger partial charge in [0.05, 0.1) is 0 Å². The second-order valence-corrected chi connectivity index (χ2v) is 4.38. The fourth-order valence-electron chi connectivity index (χ4n) is 0.654. The van der Waals surface area contributed by atoms with Gasteiger partial charge in [-0.25, -0.2) is 0 Å². The van der Waals surface area contributed by atoms with Gasteiger partial charge in [0.15, 0.2) is 0 Å². The Bertz CT molecular complexity index is 206. The molecule has 0 unspecified atom stereocenters. The molecule has 1 rings (SSSR count). The minimum absolute atomic E-state index is 0.00870. The van der Waals surface area contributed by atoms with Crippen LogP contribution in [-0.4, -0.2) is 31.9 Å². The summed E-state index contributed by atoms with van der Waals surface area (Å²) in [5.74, 6) is 0. The molecule has 60 valence electrons. The van der Waals surface area contributed by atoms with Gasteiger partial charge >= 0.3 is 0 Å². The molecule has 1 heterocycles. The first-order valence-electron chi connectivity index (χ1n) is 3.30. The molecule has 0 aromatic carbocycles. The van der Waals surface area contributed by atoms with Crippen molar-refractivity contribution < 1.29 is 8.42 Å². The molecule has 0 radical (unpaired) electrons. The molecular formula is C5H12N2O2S. The molecule has 5 heteroatoms. The van der Waals surface area contributed by atoms with Crippen molar-refractivity contribution in [1.82, 2.24) is 9.03 Å². The van der Waals surface area contributed by atoms with Gasteiger partial charge in [0.1, 0.15) is 0 Å². The predicted molar refractivity (Wildman–Crippen MR) is 38.8 cm³/mol. The first-order valence-corrected chi connectivity index (χ1v) is 4.74.